The van der Waals surface area contributed by atoms with E-state index >= 15 is 0 Å². The Hall–Kier alpha value is -2.20. The molecule has 0 radical (unpaired) electrons. The predicted octanol–water partition coefficient (Wildman–Crippen LogP) is 3.53. The van der Waals surface area contributed by atoms with E-state index in [-0.39, 0.29) is 18.7 Å². The fraction of sp³-hybridized carbons (Fsp3) is 0.500. The third-order valence-electron chi connectivity index (χ3n) is 3.40. The SMILES string of the molecule is [N-]=[N+]=NC1CCCC(NC(=O)OCc2ccccc2)C1. The van der Waals surface area contributed by atoms with Crippen molar-refractivity contribution in [3.8, 4) is 0 Å². The number of alkyl carbamates (subject to hydrolysis) is 1. The van der Waals surface area contributed by atoms with Gasteiger partial charge in [0, 0.05) is 17.0 Å². The highest BCUT2D eigenvalue weighted by Gasteiger charge is 2.22. The van der Waals surface area contributed by atoms with Crippen LogP contribution >= 0.6 is 0 Å². The topological polar surface area (TPSA) is 87.1 Å². The average Bonchev–Trinajstić information content (AvgIpc) is 2.47. The van der Waals surface area contributed by atoms with Crippen LogP contribution in [0.15, 0.2) is 35.4 Å². The van der Waals surface area contributed by atoms with Crippen molar-refractivity contribution >= 4 is 6.09 Å². The lowest BCUT2D eigenvalue weighted by Gasteiger charge is -2.26. The van der Waals surface area contributed by atoms with Gasteiger partial charge in [-0.05, 0) is 30.4 Å². The molecule has 1 aliphatic rings. The maximum Gasteiger partial charge on any atom is 0.407 e. The second-order valence-corrected chi connectivity index (χ2v) is 4.93. The number of carbonyl (C=O) groups is 1. The summed E-state index contributed by atoms with van der Waals surface area (Å²) in [6.07, 6.45) is 3.01. The summed E-state index contributed by atoms with van der Waals surface area (Å²) < 4.78 is 5.17. The second-order valence-electron chi connectivity index (χ2n) is 4.93. The number of ether oxygens (including phenoxy) is 1. The van der Waals surface area contributed by atoms with Crippen molar-refractivity contribution < 1.29 is 9.53 Å². The fourth-order valence-corrected chi connectivity index (χ4v) is 2.40. The molecule has 0 aromatic heterocycles. The van der Waals surface area contributed by atoms with Crippen LogP contribution in [0.5, 0.6) is 0 Å². The summed E-state index contributed by atoms with van der Waals surface area (Å²) in [5, 5.41) is 6.56. The zero-order valence-electron chi connectivity index (χ0n) is 11.2. The molecule has 6 nitrogen and oxygen atoms in total. The van der Waals surface area contributed by atoms with Gasteiger partial charge in [-0.3, -0.25) is 0 Å². The number of hydrogen-bond donors (Lipinski definition) is 1. The predicted molar refractivity (Wildman–Crippen MR) is 75.0 cm³/mol. The van der Waals surface area contributed by atoms with Gasteiger partial charge in [-0.15, -0.1) is 0 Å². The van der Waals surface area contributed by atoms with Crippen molar-refractivity contribution in [1.29, 1.82) is 0 Å². The van der Waals surface area contributed by atoms with Crippen LogP contribution in [0.2, 0.25) is 0 Å². The van der Waals surface area contributed by atoms with E-state index in [1.807, 2.05) is 30.3 Å². The molecule has 0 spiro atoms. The van der Waals surface area contributed by atoms with Crippen molar-refractivity contribution in [2.45, 2.75) is 44.4 Å². The first-order valence-electron chi connectivity index (χ1n) is 6.79. The van der Waals surface area contributed by atoms with E-state index in [2.05, 4.69) is 15.3 Å². The lowest BCUT2D eigenvalue weighted by atomic mass is 9.92. The first-order valence-corrected chi connectivity index (χ1v) is 6.79. The molecule has 20 heavy (non-hydrogen) atoms. The van der Waals surface area contributed by atoms with Crippen molar-refractivity contribution in [2.75, 3.05) is 0 Å². The summed E-state index contributed by atoms with van der Waals surface area (Å²) in [7, 11) is 0. The molecular formula is C14H18N4O2. The molecule has 0 aliphatic heterocycles. The van der Waals surface area contributed by atoms with Crippen LogP contribution in [0.4, 0.5) is 4.79 Å². The molecule has 1 saturated carbocycles. The monoisotopic (exact) mass is 274 g/mol. The molecule has 0 heterocycles. The number of rotatable bonds is 4. The van der Waals surface area contributed by atoms with Gasteiger partial charge in [0.1, 0.15) is 6.61 Å². The number of benzene rings is 1. The molecule has 0 bridgehead atoms. The standard InChI is InChI=1S/C14H18N4O2/c15-18-17-13-8-4-7-12(9-13)16-14(19)20-10-11-5-2-1-3-6-11/h1-3,5-6,12-13H,4,7-10H2,(H,16,19). The van der Waals surface area contributed by atoms with Crippen LogP contribution < -0.4 is 5.32 Å². The molecule has 6 heteroatoms. The molecule has 1 aromatic carbocycles. The van der Waals surface area contributed by atoms with Gasteiger partial charge in [0.05, 0.1) is 0 Å². The Morgan fingerprint density at radius 1 is 1.40 bits per heavy atom. The second kappa shape index (κ2) is 7.40. The lowest BCUT2D eigenvalue weighted by molar-refractivity contribution is 0.132. The molecule has 106 valence electrons. The molecule has 0 saturated heterocycles. The van der Waals surface area contributed by atoms with Crippen molar-refractivity contribution in [3.63, 3.8) is 0 Å². The summed E-state index contributed by atoms with van der Waals surface area (Å²) in [5.74, 6) is 0. The van der Waals surface area contributed by atoms with E-state index in [0.717, 1.165) is 24.8 Å². The van der Waals surface area contributed by atoms with E-state index in [1.165, 1.54) is 0 Å². The molecular weight excluding hydrogens is 256 g/mol. The molecule has 2 atom stereocenters. The third-order valence-corrected chi connectivity index (χ3v) is 3.40. The van der Waals surface area contributed by atoms with Gasteiger partial charge in [0.15, 0.2) is 0 Å². The van der Waals surface area contributed by atoms with Gasteiger partial charge >= 0.3 is 6.09 Å². The zero-order chi connectivity index (χ0) is 14.2. The summed E-state index contributed by atoms with van der Waals surface area (Å²) in [5.41, 5.74) is 9.40. The van der Waals surface area contributed by atoms with Gasteiger partial charge in [-0.2, -0.15) is 0 Å². The Bertz CT molecular complexity index is 485. The minimum atomic E-state index is -0.416. The zero-order valence-corrected chi connectivity index (χ0v) is 11.2. The number of amides is 1. The number of carbonyl (C=O) groups excluding carboxylic acids is 1. The molecule has 2 unspecified atom stereocenters. The first-order chi connectivity index (χ1) is 9.78. The van der Waals surface area contributed by atoms with E-state index < -0.39 is 6.09 Å². The highest BCUT2D eigenvalue weighted by atomic mass is 16.5. The maximum absolute atomic E-state index is 11.7. The molecule has 1 aliphatic carbocycles. The quantitative estimate of drug-likeness (QED) is 0.517. The number of hydrogen-bond acceptors (Lipinski definition) is 3. The lowest BCUT2D eigenvalue weighted by Crippen LogP contribution is -2.39. The molecule has 2 rings (SSSR count). The van der Waals surface area contributed by atoms with Gasteiger partial charge < -0.3 is 10.1 Å². The Morgan fingerprint density at radius 2 is 2.20 bits per heavy atom. The fourth-order valence-electron chi connectivity index (χ4n) is 2.40. The van der Waals surface area contributed by atoms with E-state index in [4.69, 9.17) is 10.3 Å². The average molecular weight is 274 g/mol. The molecule has 1 N–H and O–H groups in total. The van der Waals surface area contributed by atoms with Crippen LogP contribution in [0.25, 0.3) is 10.4 Å². The third kappa shape index (κ3) is 4.48. The van der Waals surface area contributed by atoms with E-state index in [0.29, 0.717) is 6.42 Å². The van der Waals surface area contributed by atoms with Gasteiger partial charge in [-0.1, -0.05) is 41.9 Å². The van der Waals surface area contributed by atoms with Gasteiger partial charge in [0.25, 0.3) is 0 Å². The van der Waals surface area contributed by atoms with Crippen LogP contribution in [-0.4, -0.2) is 18.2 Å². The Labute approximate surface area is 117 Å². The van der Waals surface area contributed by atoms with Crippen molar-refractivity contribution in [1.82, 2.24) is 5.32 Å². The molecule has 1 aromatic rings. The Kier molecular flexibility index (Phi) is 5.26. The largest absolute Gasteiger partial charge is 0.445 e. The molecule has 1 amide bonds. The number of nitrogens with one attached hydrogen (secondary N) is 1. The van der Waals surface area contributed by atoms with E-state index in [9.17, 15) is 4.79 Å². The number of azide groups is 1. The van der Waals surface area contributed by atoms with Crippen LogP contribution in [-0.2, 0) is 11.3 Å². The summed E-state index contributed by atoms with van der Waals surface area (Å²) in [6, 6.07) is 9.55. The van der Waals surface area contributed by atoms with Crippen molar-refractivity contribution in [3.05, 3.63) is 46.3 Å². The highest BCUT2D eigenvalue weighted by Crippen LogP contribution is 2.21. The van der Waals surface area contributed by atoms with Crippen LogP contribution in [0.1, 0.15) is 31.2 Å². The first kappa shape index (κ1) is 14.2. The Balaban J connectivity index is 1.75. The summed E-state index contributed by atoms with van der Waals surface area (Å²) >= 11 is 0. The smallest absolute Gasteiger partial charge is 0.407 e. The molecule has 1 fully saturated rings. The van der Waals surface area contributed by atoms with Crippen LogP contribution in [0.3, 0.4) is 0 Å². The Morgan fingerprint density at radius 3 is 2.95 bits per heavy atom. The minimum Gasteiger partial charge on any atom is -0.445 e. The summed E-state index contributed by atoms with van der Waals surface area (Å²) in [4.78, 5) is 14.5. The maximum atomic E-state index is 11.7. The van der Waals surface area contributed by atoms with Gasteiger partial charge in [0.2, 0.25) is 0 Å². The normalized spacial score (nSPS) is 21.6. The minimum absolute atomic E-state index is 0.0202. The summed E-state index contributed by atoms with van der Waals surface area (Å²) in [6.45, 7) is 0.263. The van der Waals surface area contributed by atoms with Gasteiger partial charge in [-0.25, -0.2) is 4.79 Å². The van der Waals surface area contributed by atoms with E-state index in [1.54, 1.807) is 0 Å². The number of nitrogens with zero attached hydrogens (tertiary/aromatic N) is 3. The van der Waals surface area contributed by atoms with Crippen molar-refractivity contribution in [2.24, 2.45) is 5.11 Å². The highest BCUT2D eigenvalue weighted by molar-refractivity contribution is 5.67. The van der Waals surface area contributed by atoms with Crippen LogP contribution in [0, 0.1) is 0 Å².